The summed E-state index contributed by atoms with van der Waals surface area (Å²) in [5, 5.41) is 69.3. The van der Waals surface area contributed by atoms with Crippen LogP contribution in [0.3, 0.4) is 0 Å². The molecule has 0 aliphatic carbocycles. The van der Waals surface area contributed by atoms with Crippen LogP contribution in [0, 0.1) is 0 Å². The molecule has 7 N–H and O–H groups in total. The first kappa shape index (κ1) is 27.3. The maximum Gasteiger partial charge on any atom is 0.187 e. The minimum absolute atomic E-state index is 0.0585. The van der Waals surface area contributed by atoms with Gasteiger partial charge in [-0.1, -0.05) is 17.7 Å². The summed E-state index contributed by atoms with van der Waals surface area (Å²) in [6, 6.07) is 0. The van der Waals surface area contributed by atoms with Crippen molar-refractivity contribution in [2.75, 3.05) is 26.4 Å². The molecule has 11 heteroatoms. The first-order valence-corrected chi connectivity index (χ1v) is 10.5. The average molecular weight is 465 g/mol. The fraction of sp³-hybridized carbons (Fsp3) is 0.810. The monoisotopic (exact) mass is 464 g/mol. The SMILES string of the molecule is C=C[C@@](C)(CC/C=C(\C)CO)O[C@@H]1O[C@H](CO[C@H]2OC[C@](O)(CO)[C@H]2O)[C@@H](O)[C@H](O)[C@H]1O. The van der Waals surface area contributed by atoms with Crippen LogP contribution in [0.1, 0.15) is 26.7 Å². The lowest BCUT2D eigenvalue weighted by atomic mass is 9.96. The van der Waals surface area contributed by atoms with Gasteiger partial charge in [-0.05, 0) is 26.7 Å². The summed E-state index contributed by atoms with van der Waals surface area (Å²) in [5.74, 6) is 0. The Bertz CT molecular complexity index is 643. The van der Waals surface area contributed by atoms with E-state index in [1.807, 2.05) is 6.08 Å². The van der Waals surface area contributed by atoms with E-state index in [0.29, 0.717) is 12.8 Å². The van der Waals surface area contributed by atoms with Crippen LogP contribution in [0.4, 0.5) is 0 Å². The van der Waals surface area contributed by atoms with Crippen LogP contribution in [0.2, 0.25) is 0 Å². The summed E-state index contributed by atoms with van der Waals surface area (Å²) in [4.78, 5) is 0. The van der Waals surface area contributed by atoms with Gasteiger partial charge in [0.05, 0.1) is 32.0 Å². The van der Waals surface area contributed by atoms with E-state index in [0.717, 1.165) is 5.57 Å². The largest absolute Gasteiger partial charge is 0.393 e. The van der Waals surface area contributed by atoms with E-state index in [1.54, 1.807) is 13.8 Å². The molecule has 0 unspecified atom stereocenters. The number of ether oxygens (including phenoxy) is 4. The minimum Gasteiger partial charge on any atom is -0.393 e. The van der Waals surface area contributed by atoms with Crippen molar-refractivity contribution in [2.24, 2.45) is 0 Å². The molecule has 2 heterocycles. The van der Waals surface area contributed by atoms with Crippen LogP contribution in [-0.2, 0) is 18.9 Å². The Morgan fingerprint density at radius 2 is 1.84 bits per heavy atom. The Morgan fingerprint density at radius 3 is 2.41 bits per heavy atom. The molecule has 0 amide bonds. The number of aliphatic hydroxyl groups is 7. The van der Waals surface area contributed by atoms with Crippen LogP contribution in [0.15, 0.2) is 24.3 Å². The lowest BCUT2D eigenvalue weighted by Gasteiger charge is -2.43. The van der Waals surface area contributed by atoms with Gasteiger partial charge in [0.25, 0.3) is 0 Å². The predicted octanol–water partition coefficient (Wildman–Crippen LogP) is -2.07. The Labute approximate surface area is 187 Å². The highest BCUT2D eigenvalue weighted by atomic mass is 16.7. The van der Waals surface area contributed by atoms with E-state index < -0.39 is 60.9 Å². The van der Waals surface area contributed by atoms with Gasteiger partial charge >= 0.3 is 0 Å². The van der Waals surface area contributed by atoms with E-state index in [4.69, 9.17) is 24.1 Å². The maximum atomic E-state index is 10.4. The minimum atomic E-state index is -1.87. The van der Waals surface area contributed by atoms with Crippen LogP contribution in [-0.4, -0.2) is 116 Å². The van der Waals surface area contributed by atoms with Gasteiger partial charge in [-0.3, -0.25) is 0 Å². The predicted molar refractivity (Wildman–Crippen MR) is 110 cm³/mol. The topological polar surface area (TPSA) is 179 Å². The van der Waals surface area contributed by atoms with Crippen molar-refractivity contribution >= 4 is 0 Å². The standard InChI is InChI=1S/C21H36O11/c1-4-20(3,7-5-6-12(2)8-22)32-18-16(26)15(25)14(24)13(31-18)9-29-19-17(27)21(28,10-23)11-30-19/h4,6,13-19,22-28H,1,5,7-11H2,2-3H3/b12-6+/t13-,14-,15+,16-,17+,18+,19+,20+,21-/m1/s1. The highest BCUT2D eigenvalue weighted by Gasteiger charge is 2.50. The zero-order valence-corrected chi connectivity index (χ0v) is 18.4. The van der Waals surface area contributed by atoms with Gasteiger partial charge in [-0.2, -0.15) is 0 Å². The van der Waals surface area contributed by atoms with Crippen molar-refractivity contribution in [2.45, 2.75) is 81.0 Å². The lowest BCUT2D eigenvalue weighted by molar-refractivity contribution is -0.326. The van der Waals surface area contributed by atoms with E-state index >= 15 is 0 Å². The smallest absolute Gasteiger partial charge is 0.187 e. The molecular formula is C21H36O11. The van der Waals surface area contributed by atoms with Gasteiger partial charge < -0.3 is 54.7 Å². The summed E-state index contributed by atoms with van der Waals surface area (Å²) >= 11 is 0. The van der Waals surface area contributed by atoms with Gasteiger partial charge in [0, 0.05) is 0 Å². The molecule has 2 aliphatic heterocycles. The molecule has 0 spiro atoms. The molecule has 0 radical (unpaired) electrons. The third-order valence-corrected chi connectivity index (χ3v) is 5.87. The summed E-state index contributed by atoms with van der Waals surface area (Å²) in [6.07, 6.45) is -5.58. The van der Waals surface area contributed by atoms with Crippen LogP contribution in [0.5, 0.6) is 0 Å². The van der Waals surface area contributed by atoms with Gasteiger partial charge in [0.15, 0.2) is 12.6 Å². The quantitative estimate of drug-likeness (QED) is 0.167. The molecule has 0 bridgehead atoms. The third kappa shape index (κ3) is 6.33. The second kappa shape index (κ2) is 11.4. The zero-order valence-electron chi connectivity index (χ0n) is 18.4. The van der Waals surface area contributed by atoms with E-state index in [9.17, 15) is 30.6 Å². The van der Waals surface area contributed by atoms with Crippen LogP contribution >= 0.6 is 0 Å². The maximum absolute atomic E-state index is 10.4. The fourth-order valence-corrected chi connectivity index (χ4v) is 3.42. The first-order chi connectivity index (χ1) is 15.0. The number of hydrogen-bond acceptors (Lipinski definition) is 11. The summed E-state index contributed by atoms with van der Waals surface area (Å²) in [7, 11) is 0. The normalized spacial score (nSPS) is 40.3. The van der Waals surface area contributed by atoms with Crippen molar-refractivity contribution in [3.05, 3.63) is 24.3 Å². The Morgan fingerprint density at radius 1 is 1.16 bits per heavy atom. The Hall–Kier alpha value is -0.960. The van der Waals surface area contributed by atoms with Gasteiger partial charge in [0.2, 0.25) is 0 Å². The van der Waals surface area contributed by atoms with Crippen molar-refractivity contribution < 1.29 is 54.7 Å². The molecule has 32 heavy (non-hydrogen) atoms. The van der Waals surface area contributed by atoms with Crippen molar-refractivity contribution in [3.8, 4) is 0 Å². The zero-order chi connectivity index (χ0) is 24.1. The second-order valence-electron chi connectivity index (χ2n) is 8.62. The Balaban J connectivity index is 2.01. The number of rotatable bonds is 11. The molecule has 2 aliphatic rings. The van der Waals surface area contributed by atoms with Gasteiger partial charge in [0.1, 0.15) is 36.1 Å². The molecule has 2 fully saturated rings. The molecule has 0 saturated carbocycles. The summed E-state index contributed by atoms with van der Waals surface area (Å²) < 4.78 is 22.1. The van der Waals surface area contributed by atoms with E-state index in [1.165, 1.54) is 6.08 Å². The van der Waals surface area contributed by atoms with E-state index in [-0.39, 0.29) is 19.8 Å². The van der Waals surface area contributed by atoms with Crippen molar-refractivity contribution in [1.82, 2.24) is 0 Å². The average Bonchev–Trinajstić information content (AvgIpc) is 3.07. The molecule has 9 atom stereocenters. The lowest BCUT2D eigenvalue weighted by Crippen LogP contribution is -2.61. The molecule has 2 rings (SSSR count). The third-order valence-electron chi connectivity index (χ3n) is 5.87. The number of aliphatic hydroxyl groups excluding tert-OH is 6. The van der Waals surface area contributed by atoms with Gasteiger partial charge in [-0.15, -0.1) is 6.58 Å². The van der Waals surface area contributed by atoms with E-state index in [2.05, 4.69) is 6.58 Å². The number of hydrogen-bond donors (Lipinski definition) is 7. The van der Waals surface area contributed by atoms with Crippen LogP contribution < -0.4 is 0 Å². The van der Waals surface area contributed by atoms with Crippen LogP contribution in [0.25, 0.3) is 0 Å². The summed E-state index contributed by atoms with van der Waals surface area (Å²) in [6.45, 7) is 5.76. The molecule has 186 valence electrons. The Kier molecular flexibility index (Phi) is 9.76. The number of allylic oxidation sites excluding steroid dienone is 1. The highest BCUT2D eigenvalue weighted by Crippen LogP contribution is 2.30. The fourth-order valence-electron chi connectivity index (χ4n) is 3.42. The van der Waals surface area contributed by atoms with Crippen molar-refractivity contribution in [1.29, 1.82) is 0 Å². The molecule has 0 aromatic heterocycles. The molecule has 0 aromatic rings. The van der Waals surface area contributed by atoms with Crippen molar-refractivity contribution in [3.63, 3.8) is 0 Å². The second-order valence-corrected chi connectivity index (χ2v) is 8.62. The first-order valence-electron chi connectivity index (χ1n) is 10.5. The molecule has 11 nitrogen and oxygen atoms in total. The van der Waals surface area contributed by atoms with Gasteiger partial charge in [-0.25, -0.2) is 0 Å². The molecule has 0 aromatic carbocycles. The summed E-state index contributed by atoms with van der Waals surface area (Å²) in [5.41, 5.74) is -2.02. The highest BCUT2D eigenvalue weighted by molar-refractivity contribution is 5.02. The molecule has 2 saturated heterocycles. The molecular weight excluding hydrogens is 428 g/mol.